The smallest absolute Gasteiger partial charge is 0.162 e. The van der Waals surface area contributed by atoms with Crippen LogP contribution in [-0.2, 0) is 11.2 Å². The lowest BCUT2D eigenvalue weighted by Crippen LogP contribution is -2.42. The topological polar surface area (TPSA) is 70.1 Å². The standard InChI is InChI=1S/C25H27N3OS/c1-5-17-10-11-21(30-17)22-18(14-26)24(27)28(16-8-6-15(2)7-9-16)19-12-25(3,4)13-20(29)23(19)22/h6-11,22H,5,12-13,27H2,1-4H3/t22-/m1/s1. The molecule has 1 atom stereocenters. The van der Waals surface area contributed by atoms with Crippen molar-refractivity contribution in [3.8, 4) is 6.07 Å². The Labute approximate surface area is 182 Å². The number of nitrogens with two attached hydrogens (primary N) is 1. The van der Waals surface area contributed by atoms with Crippen molar-refractivity contribution in [2.75, 3.05) is 4.90 Å². The summed E-state index contributed by atoms with van der Waals surface area (Å²) in [6.07, 6.45) is 2.15. The maximum absolute atomic E-state index is 13.5. The van der Waals surface area contributed by atoms with E-state index in [1.54, 1.807) is 11.3 Å². The number of hydrogen-bond donors (Lipinski definition) is 1. The van der Waals surface area contributed by atoms with Crippen molar-refractivity contribution in [3.63, 3.8) is 0 Å². The molecule has 4 nitrogen and oxygen atoms in total. The van der Waals surface area contributed by atoms with E-state index in [0.717, 1.165) is 40.2 Å². The molecule has 1 aliphatic carbocycles. The molecule has 2 N–H and O–H groups in total. The first-order valence-corrected chi connectivity index (χ1v) is 11.2. The highest BCUT2D eigenvalue weighted by Gasteiger charge is 2.45. The van der Waals surface area contributed by atoms with Crippen molar-refractivity contribution in [1.82, 2.24) is 0 Å². The summed E-state index contributed by atoms with van der Waals surface area (Å²) in [5, 5.41) is 10.1. The van der Waals surface area contributed by atoms with Gasteiger partial charge in [-0.2, -0.15) is 5.26 Å². The number of anilines is 1. The number of aryl methyl sites for hydroxylation is 2. The lowest BCUT2D eigenvalue weighted by molar-refractivity contribution is -0.118. The van der Waals surface area contributed by atoms with Crippen LogP contribution in [0.2, 0.25) is 0 Å². The summed E-state index contributed by atoms with van der Waals surface area (Å²) in [5.74, 6) is 0.178. The Hall–Kier alpha value is -2.84. The number of nitriles is 1. The quantitative estimate of drug-likeness (QED) is 0.710. The summed E-state index contributed by atoms with van der Waals surface area (Å²) < 4.78 is 0. The molecule has 0 fully saturated rings. The second-order valence-corrected chi connectivity index (χ2v) is 10.2. The van der Waals surface area contributed by atoms with E-state index in [0.29, 0.717) is 17.8 Å². The van der Waals surface area contributed by atoms with Crippen molar-refractivity contribution in [1.29, 1.82) is 5.26 Å². The molecule has 2 aliphatic rings. The van der Waals surface area contributed by atoms with Crippen molar-refractivity contribution < 1.29 is 4.79 Å². The van der Waals surface area contributed by atoms with Crippen LogP contribution in [0.25, 0.3) is 0 Å². The summed E-state index contributed by atoms with van der Waals surface area (Å²) in [6.45, 7) is 8.40. The minimum Gasteiger partial charge on any atom is -0.384 e. The van der Waals surface area contributed by atoms with Gasteiger partial charge in [-0.3, -0.25) is 9.69 Å². The third-order valence-electron chi connectivity index (χ3n) is 5.99. The average Bonchev–Trinajstić information content (AvgIpc) is 3.16. The maximum Gasteiger partial charge on any atom is 0.162 e. The minimum absolute atomic E-state index is 0.120. The fraction of sp³-hybridized carbons (Fsp3) is 0.360. The molecule has 0 amide bonds. The zero-order valence-electron chi connectivity index (χ0n) is 18.0. The number of nitrogens with zero attached hydrogens (tertiary/aromatic N) is 2. The second-order valence-electron chi connectivity index (χ2n) is 8.97. The van der Waals surface area contributed by atoms with Gasteiger partial charge in [0, 0.05) is 33.1 Å². The predicted octanol–water partition coefficient (Wildman–Crippen LogP) is 5.56. The number of benzene rings is 1. The molecule has 0 saturated heterocycles. The van der Waals surface area contributed by atoms with Gasteiger partial charge in [0.2, 0.25) is 0 Å². The van der Waals surface area contributed by atoms with Crippen LogP contribution in [0.15, 0.2) is 59.1 Å². The molecule has 1 aromatic carbocycles. The molecule has 1 aromatic heterocycles. The molecule has 0 radical (unpaired) electrons. The summed E-state index contributed by atoms with van der Waals surface area (Å²) in [5.41, 5.74) is 10.7. The van der Waals surface area contributed by atoms with Gasteiger partial charge in [0.25, 0.3) is 0 Å². The molecule has 2 aromatic rings. The zero-order valence-corrected chi connectivity index (χ0v) is 18.8. The van der Waals surface area contributed by atoms with Gasteiger partial charge in [-0.25, -0.2) is 0 Å². The van der Waals surface area contributed by atoms with E-state index in [1.165, 1.54) is 4.88 Å². The zero-order chi connectivity index (χ0) is 21.6. The molecule has 1 aliphatic heterocycles. The first kappa shape index (κ1) is 20.4. The molecule has 0 bridgehead atoms. The first-order valence-electron chi connectivity index (χ1n) is 10.4. The fourth-order valence-corrected chi connectivity index (χ4v) is 5.59. The Balaban J connectivity index is 1.97. The number of carbonyl (C=O) groups excluding carboxylic acids is 1. The molecule has 5 heteroatoms. The van der Waals surface area contributed by atoms with Gasteiger partial charge >= 0.3 is 0 Å². The maximum atomic E-state index is 13.5. The van der Waals surface area contributed by atoms with E-state index >= 15 is 0 Å². The molecular weight excluding hydrogens is 390 g/mol. The molecule has 154 valence electrons. The molecule has 30 heavy (non-hydrogen) atoms. The second kappa shape index (κ2) is 7.45. The number of hydrogen-bond acceptors (Lipinski definition) is 5. The number of allylic oxidation sites excluding steroid dienone is 3. The third kappa shape index (κ3) is 3.36. The van der Waals surface area contributed by atoms with Crippen LogP contribution in [0.3, 0.4) is 0 Å². The highest BCUT2D eigenvalue weighted by Crippen LogP contribution is 2.51. The third-order valence-corrected chi connectivity index (χ3v) is 7.28. The Bertz CT molecular complexity index is 1110. The summed E-state index contributed by atoms with van der Waals surface area (Å²) in [7, 11) is 0. The van der Waals surface area contributed by atoms with Crippen LogP contribution in [0, 0.1) is 23.7 Å². The van der Waals surface area contributed by atoms with Crippen LogP contribution >= 0.6 is 11.3 Å². The van der Waals surface area contributed by atoms with E-state index < -0.39 is 0 Å². The van der Waals surface area contributed by atoms with Crippen molar-refractivity contribution in [2.45, 2.75) is 52.9 Å². The first-order chi connectivity index (χ1) is 14.3. The van der Waals surface area contributed by atoms with Gasteiger partial charge in [-0.15, -0.1) is 11.3 Å². The molecule has 2 heterocycles. The normalized spacial score (nSPS) is 21.0. The van der Waals surface area contributed by atoms with Crippen molar-refractivity contribution in [2.24, 2.45) is 11.1 Å². The van der Waals surface area contributed by atoms with E-state index in [2.05, 4.69) is 39.0 Å². The average molecular weight is 418 g/mol. The largest absolute Gasteiger partial charge is 0.384 e. The van der Waals surface area contributed by atoms with Gasteiger partial charge < -0.3 is 5.73 Å². The number of ketones is 1. The van der Waals surface area contributed by atoms with Crippen LogP contribution < -0.4 is 10.6 Å². The van der Waals surface area contributed by atoms with Gasteiger partial charge in [-0.1, -0.05) is 38.5 Å². The Morgan fingerprint density at radius 1 is 1.20 bits per heavy atom. The van der Waals surface area contributed by atoms with Gasteiger partial charge in [-0.05, 0) is 49.4 Å². The lowest BCUT2D eigenvalue weighted by atomic mass is 9.69. The highest BCUT2D eigenvalue weighted by atomic mass is 32.1. The van der Waals surface area contributed by atoms with Crippen LogP contribution in [-0.4, -0.2) is 5.78 Å². The van der Waals surface area contributed by atoms with Crippen LogP contribution in [0.4, 0.5) is 5.69 Å². The summed E-state index contributed by atoms with van der Waals surface area (Å²) in [4.78, 5) is 17.7. The minimum atomic E-state index is -0.374. The van der Waals surface area contributed by atoms with E-state index in [1.807, 2.05) is 36.1 Å². The molecule has 4 rings (SSSR count). The number of carbonyl (C=O) groups is 1. The Morgan fingerprint density at radius 3 is 2.50 bits per heavy atom. The lowest BCUT2D eigenvalue weighted by Gasteiger charge is -2.43. The predicted molar refractivity (Wildman–Crippen MR) is 122 cm³/mol. The Kier molecular flexibility index (Phi) is 5.07. The molecule has 0 unspecified atom stereocenters. The molecule has 0 saturated carbocycles. The van der Waals surface area contributed by atoms with Crippen molar-refractivity contribution >= 4 is 22.8 Å². The monoisotopic (exact) mass is 417 g/mol. The van der Waals surface area contributed by atoms with Crippen LogP contribution in [0.1, 0.15) is 54.8 Å². The number of Topliss-reactive ketones (excluding diaryl/α,β-unsaturated/α-hetero) is 1. The SMILES string of the molecule is CCc1ccc([C@H]2C(C#N)=C(N)N(c3ccc(C)cc3)C3=C2C(=O)CC(C)(C)C3)s1. The van der Waals surface area contributed by atoms with Gasteiger partial charge in [0.15, 0.2) is 5.78 Å². The fourth-order valence-electron chi connectivity index (χ4n) is 4.52. The van der Waals surface area contributed by atoms with E-state index in [9.17, 15) is 10.1 Å². The highest BCUT2D eigenvalue weighted by molar-refractivity contribution is 7.12. The van der Waals surface area contributed by atoms with Gasteiger partial charge in [0.05, 0.1) is 17.6 Å². The number of rotatable bonds is 3. The molecular formula is C25H27N3OS. The summed E-state index contributed by atoms with van der Waals surface area (Å²) in [6, 6.07) is 14.6. The number of thiophene rings is 1. The van der Waals surface area contributed by atoms with Crippen molar-refractivity contribution in [3.05, 3.63) is 74.4 Å². The van der Waals surface area contributed by atoms with E-state index in [-0.39, 0.29) is 17.1 Å². The summed E-state index contributed by atoms with van der Waals surface area (Å²) >= 11 is 1.67. The molecule has 0 spiro atoms. The Morgan fingerprint density at radius 2 is 1.90 bits per heavy atom. The van der Waals surface area contributed by atoms with Gasteiger partial charge in [0.1, 0.15) is 5.82 Å². The van der Waals surface area contributed by atoms with E-state index in [4.69, 9.17) is 5.73 Å². The van der Waals surface area contributed by atoms with Crippen LogP contribution in [0.5, 0.6) is 0 Å².